The predicted molar refractivity (Wildman–Crippen MR) is 29.7 cm³/mol. The van der Waals surface area contributed by atoms with Crippen molar-refractivity contribution in [2.24, 2.45) is 5.92 Å². The summed E-state index contributed by atoms with van der Waals surface area (Å²) in [5.41, 5.74) is 0. The van der Waals surface area contributed by atoms with Crippen molar-refractivity contribution in [3.63, 3.8) is 0 Å². The number of carbonyl (C=O) groups excluding carboxylic acids is 1. The Kier molecular flexibility index (Phi) is 1.82. The Hall–Kier alpha value is -0.740. The van der Waals surface area contributed by atoms with Crippen LogP contribution in [0.1, 0.15) is 13.3 Å². The van der Waals surface area contributed by atoms with Gasteiger partial charge in [-0.1, -0.05) is 6.92 Å². The third-order valence-corrected chi connectivity index (χ3v) is 1.59. The molecule has 0 amide bonds. The van der Waals surface area contributed by atoms with Crippen LogP contribution in [0.2, 0.25) is 0 Å². The molecule has 0 aromatic rings. The summed E-state index contributed by atoms with van der Waals surface area (Å²) in [7, 11) is 0. The van der Waals surface area contributed by atoms with Crippen LogP contribution in [0.4, 0.5) is 13.2 Å². The lowest BCUT2D eigenvalue weighted by atomic mass is 10.1. The molecule has 11 heavy (non-hydrogen) atoms. The largest absolute Gasteiger partial charge is 0.452 e. The third-order valence-electron chi connectivity index (χ3n) is 1.59. The SMILES string of the molecule is C[C@@H]1C[C@H](C(F)(F)F)OC1=O. The van der Waals surface area contributed by atoms with Crippen molar-refractivity contribution in [3.05, 3.63) is 0 Å². The average Bonchev–Trinajstić information content (AvgIpc) is 2.11. The van der Waals surface area contributed by atoms with Crippen LogP contribution >= 0.6 is 0 Å². The van der Waals surface area contributed by atoms with Gasteiger partial charge in [0.05, 0.1) is 5.92 Å². The molecule has 0 aliphatic carbocycles. The predicted octanol–water partition coefficient (Wildman–Crippen LogP) is 1.50. The maximum absolute atomic E-state index is 11.8. The molecule has 1 heterocycles. The molecule has 0 unspecified atom stereocenters. The van der Waals surface area contributed by atoms with Crippen molar-refractivity contribution in [1.82, 2.24) is 0 Å². The Bertz CT molecular complexity index is 175. The molecule has 2 nitrogen and oxygen atoms in total. The van der Waals surface area contributed by atoms with E-state index in [2.05, 4.69) is 4.74 Å². The summed E-state index contributed by atoms with van der Waals surface area (Å²) in [4.78, 5) is 10.5. The lowest BCUT2D eigenvalue weighted by Gasteiger charge is -2.12. The first-order valence-corrected chi connectivity index (χ1v) is 3.18. The summed E-state index contributed by atoms with van der Waals surface area (Å²) in [6.45, 7) is 1.42. The second-order valence-corrected chi connectivity index (χ2v) is 2.60. The molecule has 0 aromatic carbocycles. The fourth-order valence-electron chi connectivity index (χ4n) is 0.922. The van der Waals surface area contributed by atoms with E-state index in [1.165, 1.54) is 6.92 Å². The van der Waals surface area contributed by atoms with Crippen LogP contribution in [0.25, 0.3) is 0 Å². The van der Waals surface area contributed by atoms with Gasteiger partial charge >= 0.3 is 12.1 Å². The molecule has 0 spiro atoms. The van der Waals surface area contributed by atoms with E-state index >= 15 is 0 Å². The van der Waals surface area contributed by atoms with Crippen molar-refractivity contribution >= 4 is 5.97 Å². The fourth-order valence-corrected chi connectivity index (χ4v) is 0.922. The highest BCUT2D eigenvalue weighted by molar-refractivity contribution is 5.74. The van der Waals surface area contributed by atoms with Gasteiger partial charge in [0.15, 0.2) is 6.10 Å². The summed E-state index contributed by atoms with van der Waals surface area (Å²) in [6, 6.07) is 0. The van der Waals surface area contributed by atoms with Gasteiger partial charge in [0.1, 0.15) is 0 Å². The topological polar surface area (TPSA) is 26.3 Å². The highest BCUT2D eigenvalue weighted by Crippen LogP contribution is 2.33. The zero-order chi connectivity index (χ0) is 8.65. The summed E-state index contributed by atoms with van der Waals surface area (Å²) in [5.74, 6) is -1.38. The van der Waals surface area contributed by atoms with E-state index < -0.39 is 24.2 Å². The van der Waals surface area contributed by atoms with E-state index in [0.29, 0.717) is 0 Å². The number of halogens is 3. The minimum absolute atomic E-state index is 0.248. The first-order chi connectivity index (χ1) is 4.91. The van der Waals surface area contributed by atoms with Crippen LogP contribution in [0.3, 0.4) is 0 Å². The second-order valence-electron chi connectivity index (χ2n) is 2.60. The first-order valence-electron chi connectivity index (χ1n) is 3.18. The number of alkyl halides is 3. The Morgan fingerprint density at radius 1 is 1.55 bits per heavy atom. The molecule has 64 valence electrons. The zero-order valence-electron chi connectivity index (χ0n) is 5.81. The molecular formula is C6H7F3O2. The van der Waals surface area contributed by atoms with Crippen molar-refractivity contribution in [2.45, 2.75) is 25.6 Å². The summed E-state index contributed by atoms with van der Waals surface area (Å²) in [6.07, 6.45) is -6.53. The van der Waals surface area contributed by atoms with Crippen LogP contribution < -0.4 is 0 Å². The molecule has 5 heteroatoms. The molecule has 0 radical (unpaired) electrons. The normalized spacial score (nSPS) is 32.2. The highest BCUT2D eigenvalue weighted by atomic mass is 19.4. The lowest BCUT2D eigenvalue weighted by molar-refractivity contribution is -0.209. The first kappa shape index (κ1) is 8.36. The van der Waals surface area contributed by atoms with E-state index in [4.69, 9.17) is 0 Å². The zero-order valence-corrected chi connectivity index (χ0v) is 5.81. The Balaban J connectivity index is 2.61. The molecule has 0 bridgehead atoms. The molecule has 0 aromatic heterocycles. The summed E-state index contributed by atoms with van der Waals surface area (Å²) in [5, 5.41) is 0. The van der Waals surface area contributed by atoms with Crippen molar-refractivity contribution in [3.8, 4) is 0 Å². The van der Waals surface area contributed by atoms with Crippen LogP contribution in [-0.4, -0.2) is 18.2 Å². The van der Waals surface area contributed by atoms with Crippen molar-refractivity contribution < 1.29 is 22.7 Å². The Labute approximate surface area is 61.3 Å². The van der Waals surface area contributed by atoms with E-state index in [1.54, 1.807) is 0 Å². The van der Waals surface area contributed by atoms with Gasteiger partial charge in [0.25, 0.3) is 0 Å². The van der Waals surface area contributed by atoms with Gasteiger partial charge in [0.2, 0.25) is 0 Å². The van der Waals surface area contributed by atoms with Gasteiger partial charge in [-0.25, -0.2) is 0 Å². The third kappa shape index (κ3) is 1.64. The molecular weight excluding hydrogens is 161 g/mol. The maximum Gasteiger partial charge on any atom is 0.425 e. The molecule has 1 aliphatic rings. The monoisotopic (exact) mass is 168 g/mol. The van der Waals surface area contributed by atoms with Crippen molar-refractivity contribution in [2.75, 3.05) is 0 Å². The standard InChI is InChI=1S/C6H7F3O2/c1-3-2-4(6(7,8)9)11-5(3)10/h3-4H,2H2,1H3/t3-,4-/m1/s1. The van der Waals surface area contributed by atoms with Crippen molar-refractivity contribution in [1.29, 1.82) is 0 Å². The number of hydrogen-bond donors (Lipinski definition) is 0. The highest BCUT2D eigenvalue weighted by Gasteiger charge is 2.48. The number of esters is 1. The minimum atomic E-state index is -4.40. The quantitative estimate of drug-likeness (QED) is 0.512. The lowest BCUT2D eigenvalue weighted by Crippen LogP contribution is -2.28. The summed E-state index contributed by atoms with van der Waals surface area (Å²) < 4.78 is 39.6. The second kappa shape index (κ2) is 2.39. The van der Waals surface area contributed by atoms with Gasteiger partial charge in [-0.2, -0.15) is 13.2 Å². The Morgan fingerprint density at radius 3 is 2.27 bits per heavy atom. The molecule has 1 aliphatic heterocycles. The smallest absolute Gasteiger partial charge is 0.425 e. The van der Waals surface area contributed by atoms with Gasteiger partial charge in [-0.15, -0.1) is 0 Å². The molecule has 1 fully saturated rings. The van der Waals surface area contributed by atoms with E-state index in [9.17, 15) is 18.0 Å². The van der Waals surface area contributed by atoms with Crippen LogP contribution in [-0.2, 0) is 9.53 Å². The van der Waals surface area contributed by atoms with E-state index in [0.717, 1.165) is 0 Å². The number of cyclic esters (lactones) is 1. The number of hydrogen-bond acceptors (Lipinski definition) is 2. The summed E-state index contributed by atoms with van der Waals surface area (Å²) >= 11 is 0. The van der Waals surface area contributed by atoms with E-state index in [-0.39, 0.29) is 6.42 Å². The minimum Gasteiger partial charge on any atom is -0.452 e. The van der Waals surface area contributed by atoms with Gasteiger partial charge in [-0.3, -0.25) is 4.79 Å². The number of carbonyl (C=O) groups is 1. The van der Waals surface area contributed by atoms with Gasteiger partial charge < -0.3 is 4.74 Å². The Morgan fingerprint density at radius 2 is 2.09 bits per heavy atom. The fraction of sp³-hybridized carbons (Fsp3) is 0.833. The van der Waals surface area contributed by atoms with E-state index in [1.807, 2.05) is 0 Å². The molecule has 1 rings (SSSR count). The van der Waals surface area contributed by atoms with Crippen LogP contribution in [0, 0.1) is 5.92 Å². The van der Waals surface area contributed by atoms with Gasteiger partial charge in [0, 0.05) is 6.42 Å². The van der Waals surface area contributed by atoms with Gasteiger partial charge in [-0.05, 0) is 0 Å². The number of rotatable bonds is 0. The molecule has 1 saturated heterocycles. The van der Waals surface area contributed by atoms with Crippen LogP contribution in [0.5, 0.6) is 0 Å². The average molecular weight is 168 g/mol. The molecule has 0 N–H and O–H groups in total. The number of ether oxygens (including phenoxy) is 1. The molecule has 0 saturated carbocycles. The molecule has 2 atom stereocenters. The van der Waals surface area contributed by atoms with Crippen LogP contribution in [0.15, 0.2) is 0 Å². The maximum atomic E-state index is 11.8.